The molecule has 2 aliphatic rings. The summed E-state index contributed by atoms with van der Waals surface area (Å²) < 4.78 is 8.18. The first-order valence-electron chi connectivity index (χ1n) is 8.39. The molecule has 118 valence electrons. The summed E-state index contributed by atoms with van der Waals surface area (Å²) >= 11 is 0. The number of hydrogen-bond acceptors (Lipinski definition) is 4. The van der Waals surface area contributed by atoms with Crippen LogP contribution in [-0.2, 0) is 17.7 Å². The number of ether oxygens (including phenoxy) is 1. The molecule has 1 aromatic heterocycles. The predicted molar refractivity (Wildman–Crippen MR) is 82.1 cm³/mol. The average Bonchev–Trinajstić information content (AvgIpc) is 3.07. The van der Waals surface area contributed by atoms with E-state index < -0.39 is 0 Å². The molecule has 0 radical (unpaired) electrons. The SMILES string of the molecule is CCOC1CC(NC(C)c2nnc3n2CCC3)C1(C)CC. The molecule has 4 atom stereocenters. The fraction of sp³-hybridized carbons (Fsp3) is 0.875. The van der Waals surface area contributed by atoms with Crippen molar-refractivity contribution in [1.82, 2.24) is 20.1 Å². The number of hydrogen-bond donors (Lipinski definition) is 1. The highest BCUT2D eigenvalue weighted by atomic mass is 16.5. The van der Waals surface area contributed by atoms with E-state index in [9.17, 15) is 0 Å². The van der Waals surface area contributed by atoms with E-state index in [1.165, 1.54) is 6.42 Å². The molecule has 2 heterocycles. The van der Waals surface area contributed by atoms with Crippen molar-refractivity contribution in [3.05, 3.63) is 11.6 Å². The Bertz CT molecular complexity index is 500. The van der Waals surface area contributed by atoms with Crippen molar-refractivity contribution in [2.45, 2.75) is 78.1 Å². The van der Waals surface area contributed by atoms with E-state index in [4.69, 9.17) is 4.74 Å². The molecule has 1 saturated carbocycles. The van der Waals surface area contributed by atoms with Crippen molar-refractivity contribution >= 4 is 0 Å². The largest absolute Gasteiger partial charge is 0.378 e. The van der Waals surface area contributed by atoms with Gasteiger partial charge in [0.2, 0.25) is 0 Å². The highest BCUT2D eigenvalue weighted by molar-refractivity contribution is 5.09. The van der Waals surface area contributed by atoms with Gasteiger partial charge in [-0.05, 0) is 33.1 Å². The Kier molecular flexibility index (Phi) is 4.06. The summed E-state index contributed by atoms with van der Waals surface area (Å²) in [6.07, 6.45) is 4.90. The van der Waals surface area contributed by atoms with Gasteiger partial charge in [0.25, 0.3) is 0 Å². The van der Waals surface area contributed by atoms with Crippen LogP contribution in [0.3, 0.4) is 0 Å². The predicted octanol–water partition coefficient (Wildman–Crippen LogP) is 2.47. The van der Waals surface area contributed by atoms with Gasteiger partial charge in [0.05, 0.1) is 12.1 Å². The normalized spacial score (nSPS) is 32.8. The van der Waals surface area contributed by atoms with Crippen LogP contribution in [0.1, 0.15) is 64.6 Å². The van der Waals surface area contributed by atoms with Crippen LogP contribution >= 0.6 is 0 Å². The van der Waals surface area contributed by atoms with Crippen LogP contribution in [-0.4, -0.2) is 33.5 Å². The third-order valence-corrected chi connectivity index (χ3v) is 5.59. The number of fused-ring (bicyclic) bond motifs is 1. The number of rotatable bonds is 6. The third kappa shape index (κ3) is 2.40. The monoisotopic (exact) mass is 292 g/mol. The molecular weight excluding hydrogens is 264 g/mol. The Morgan fingerprint density at radius 3 is 2.95 bits per heavy atom. The molecule has 5 nitrogen and oxygen atoms in total. The van der Waals surface area contributed by atoms with Crippen molar-refractivity contribution < 1.29 is 4.74 Å². The quantitative estimate of drug-likeness (QED) is 0.875. The second-order valence-electron chi connectivity index (χ2n) is 6.71. The zero-order valence-corrected chi connectivity index (χ0v) is 13.7. The van der Waals surface area contributed by atoms with Crippen molar-refractivity contribution in [2.75, 3.05) is 6.61 Å². The first kappa shape index (κ1) is 15.0. The van der Waals surface area contributed by atoms with E-state index in [-0.39, 0.29) is 11.5 Å². The molecule has 0 amide bonds. The summed E-state index contributed by atoms with van der Waals surface area (Å²) in [6.45, 7) is 10.8. The van der Waals surface area contributed by atoms with Crippen LogP contribution in [0.25, 0.3) is 0 Å². The molecule has 0 aromatic carbocycles. The van der Waals surface area contributed by atoms with Gasteiger partial charge in [-0.2, -0.15) is 0 Å². The Morgan fingerprint density at radius 1 is 1.43 bits per heavy atom. The van der Waals surface area contributed by atoms with Gasteiger partial charge in [-0.1, -0.05) is 13.8 Å². The summed E-state index contributed by atoms with van der Waals surface area (Å²) in [6, 6.07) is 0.756. The van der Waals surface area contributed by atoms with Gasteiger partial charge < -0.3 is 14.6 Å². The molecule has 1 aliphatic carbocycles. The van der Waals surface area contributed by atoms with Gasteiger partial charge in [-0.3, -0.25) is 0 Å². The maximum absolute atomic E-state index is 5.89. The van der Waals surface area contributed by atoms with E-state index in [0.717, 1.165) is 44.1 Å². The summed E-state index contributed by atoms with van der Waals surface area (Å²) in [5.41, 5.74) is 0.234. The zero-order valence-electron chi connectivity index (χ0n) is 13.7. The molecular formula is C16H28N4O. The number of nitrogens with one attached hydrogen (secondary N) is 1. The van der Waals surface area contributed by atoms with Gasteiger partial charge >= 0.3 is 0 Å². The molecule has 1 fully saturated rings. The van der Waals surface area contributed by atoms with Gasteiger partial charge in [0.15, 0.2) is 0 Å². The Morgan fingerprint density at radius 2 is 2.24 bits per heavy atom. The lowest BCUT2D eigenvalue weighted by Crippen LogP contribution is -2.62. The molecule has 0 bridgehead atoms. The molecule has 4 unspecified atom stereocenters. The number of aryl methyl sites for hydroxylation is 1. The molecule has 5 heteroatoms. The van der Waals surface area contributed by atoms with E-state index in [1.807, 2.05) is 0 Å². The minimum Gasteiger partial charge on any atom is -0.378 e. The highest BCUT2D eigenvalue weighted by Gasteiger charge is 2.51. The molecule has 0 spiro atoms. The smallest absolute Gasteiger partial charge is 0.149 e. The lowest BCUT2D eigenvalue weighted by molar-refractivity contribution is -0.128. The summed E-state index contributed by atoms with van der Waals surface area (Å²) in [5, 5.41) is 12.5. The van der Waals surface area contributed by atoms with Crippen LogP contribution in [0.4, 0.5) is 0 Å². The molecule has 3 rings (SSSR count). The molecule has 0 saturated heterocycles. The average molecular weight is 292 g/mol. The minimum atomic E-state index is 0.234. The van der Waals surface area contributed by atoms with Crippen LogP contribution < -0.4 is 5.32 Å². The van der Waals surface area contributed by atoms with Crippen LogP contribution in [0.5, 0.6) is 0 Å². The van der Waals surface area contributed by atoms with Crippen LogP contribution in [0.2, 0.25) is 0 Å². The zero-order chi connectivity index (χ0) is 15.0. The fourth-order valence-electron chi connectivity index (χ4n) is 3.88. The first-order chi connectivity index (χ1) is 10.1. The molecule has 1 aliphatic heterocycles. The van der Waals surface area contributed by atoms with E-state index in [2.05, 4.69) is 47.8 Å². The minimum absolute atomic E-state index is 0.234. The van der Waals surface area contributed by atoms with Crippen LogP contribution in [0.15, 0.2) is 0 Å². The topological polar surface area (TPSA) is 52.0 Å². The van der Waals surface area contributed by atoms with Gasteiger partial charge in [-0.15, -0.1) is 10.2 Å². The van der Waals surface area contributed by atoms with Gasteiger partial charge in [0, 0.05) is 31.0 Å². The van der Waals surface area contributed by atoms with E-state index in [1.54, 1.807) is 0 Å². The lowest BCUT2D eigenvalue weighted by Gasteiger charge is -2.54. The third-order valence-electron chi connectivity index (χ3n) is 5.59. The van der Waals surface area contributed by atoms with E-state index in [0.29, 0.717) is 12.1 Å². The summed E-state index contributed by atoms with van der Waals surface area (Å²) in [5.74, 6) is 2.25. The summed E-state index contributed by atoms with van der Waals surface area (Å²) in [7, 11) is 0. The molecule has 1 N–H and O–H groups in total. The second-order valence-corrected chi connectivity index (χ2v) is 6.71. The van der Waals surface area contributed by atoms with E-state index >= 15 is 0 Å². The standard InChI is InChI=1S/C16H28N4O/c1-5-16(4)12(10-13(16)21-6-2)17-11(3)15-19-18-14-8-7-9-20(14)15/h11-13,17H,5-10H2,1-4H3. The Labute approximate surface area is 127 Å². The van der Waals surface area contributed by atoms with Gasteiger partial charge in [-0.25, -0.2) is 0 Å². The van der Waals surface area contributed by atoms with Crippen molar-refractivity contribution in [3.63, 3.8) is 0 Å². The molecule has 1 aromatic rings. The first-order valence-corrected chi connectivity index (χ1v) is 8.39. The highest BCUT2D eigenvalue weighted by Crippen LogP contribution is 2.46. The fourth-order valence-corrected chi connectivity index (χ4v) is 3.88. The van der Waals surface area contributed by atoms with Gasteiger partial charge in [0.1, 0.15) is 11.6 Å². The summed E-state index contributed by atoms with van der Waals surface area (Å²) in [4.78, 5) is 0. The van der Waals surface area contributed by atoms with Crippen molar-refractivity contribution in [1.29, 1.82) is 0 Å². The molecule has 21 heavy (non-hydrogen) atoms. The maximum Gasteiger partial charge on any atom is 0.149 e. The van der Waals surface area contributed by atoms with Crippen molar-refractivity contribution in [2.24, 2.45) is 5.41 Å². The number of nitrogens with zero attached hydrogens (tertiary/aromatic N) is 3. The Balaban J connectivity index is 1.66. The number of aromatic nitrogens is 3. The van der Waals surface area contributed by atoms with Crippen molar-refractivity contribution in [3.8, 4) is 0 Å². The lowest BCUT2D eigenvalue weighted by atomic mass is 9.61. The second kappa shape index (κ2) is 5.69. The van der Waals surface area contributed by atoms with Crippen LogP contribution in [0, 0.1) is 5.41 Å². The maximum atomic E-state index is 5.89. The Hall–Kier alpha value is -0.940.